The van der Waals surface area contributed by atoms with Gasteiger partial charge in [0.1, 0.15) is 0 Å². The van der Waals surface area contributed by atoms with Crippen LogP contribution in [-0.4, -0.2) is 13.5 Å². The number of rotatable bonds is 2. The van der Waals surface area contributed by atoms with Gasteiger partial charge >= 0.3 is 0 Å². The van der Waals surface area contributed by atoms with E-state index in [1.54, 1.807) is 6.92 Å². The molecule has 0 aromatic rings. The summed E-state index contributed by atoms with van der Waals surface area (Å²) in [5, 5.41) is 0. The predicted octanol–water partition coefficient (Wildman–Crippen LogP) is 0.667. The zero-order chi connectivity index (χ0) is 7.49. The Morgan fingerprint density at radius 3 is 2.33 bits per heavy atom. The SMILES string of the molecule is C#CC(C)(CC)S(=O)[O-]. The maximum atomic E-state index is 10.3. The van der Waals surface area contributed by atoms with Crippen molar-refractivity contribution >= 4 is 11.1 Å². The predicted molar refractivity (Wildman–Crippen MR) is 36.4 cm³/mol. The molecule has 0 fully saturated rings. The van der Waals surface area contributed by atoms with Crippen molar-refractivity contribution in [1.82, 2.24) is 0 Å². The van der Waals surface area contributed by atoms with Gasteiger partial charge in [-0.25, -0.2) is 0 Å². The van der Waals surface area contributed by atoms with Crippen molar-refractivity contribution in [2.45, 2.75) is 25.0 Å². The Labute approximate surface area is 57.9 Å². The van der Waals surface area contributed by atoms with E-state index >= 15 is 0 Å². The van der Waals surface area contributed by atoms with Gasteiger partial charge in [0.05, 0.1) is 4.75 Å². The minimum Gasteiger partial charge on any atom is -0.771 e. The van der Waals surface area contributed by atoms with Crippen molar-refractivity contribution < 1.29 is 8.76 Å². The number of terminal acetylenes is 1. The first kappa shape index (κ1) is 8.67. The van der Waals surface area contributed by atoms with Crippen LogP contribution in [0.2, 0.25) is 0 Å². The largest absolute Gasteiger partial charge is 0.771 e. The second kappa shape index (κ2) is 3.00. The Bertz CT molecular complexity index is 159. The van der Waals surface area contributed by atoms with Gasteiger partial charge in [-0.15, -0.1) is 6.42 Å². The van der Waals surface area contributed by atoms with Gasteiger partial charge in [0.2, 0.25) is 0 Å². The van der Waals surface area contributed by atoms with Crippen LogP contribution in [0.15, 0.2) is 0 Å². The first-order chi connectivity index (χ1) is 4.06. The van der Waals surface area contributed by atoms with Crippen molar-refractivity contribution in [3.8, 4) is 12.3 Å². The van der Waals surface area contributed by atoms with Crippen LogP contribution in [0, 0.1) is 12.3 Å². The average molecular weight is 145 g/mol. The summed E-state index contributed by atoms with van der Waals surface area (Å²) in [6, 6.07) is 0. The molecule has 9 heavy (non-hydrogen) atoms. The molecular weight excluding hydrogens is 136 g/mol. The van der Waals surface area contributed by atoms with Crippen molar-refractivity contribution in [3.63, 3.8) is 0 Å². The first-order valence-corrected chi connectivity index (χ1v) is 3.71. The molecule has 2 nitrogen and oxygen atoms in total. The molecule has 2 atom stereocenters. The highest BCUT2D eigenvalue weighted by atomic mass is 32.2. The molecule has 0 rings (SSSR count). The van der Waals surface area contributed by atoms with E-state index in [-0.39, 0.29) is 0 Å². The molecule has 0 aliphatic rings. The zero-order valence-electron chi connectivity index (χ0n) is 5.51. The number of hydrogen-bond donors (Lipinski definition) is 0. The van der Waals surface area contributed by atoms with Crippen LogP contribution in [0.5, 0.6) is 0 Å². The standard InChI is InChI=1S/C6H10O2S/c1-4-6(3,5-2)9(7)8/h1H,5H2,2-3H3,(H,7,8)/p-1. The Kier molecular flexibility index (Phi) is 2.89. The highest BCUT2D eigenvalue weighted by Gasteiger charge is 2.18. The van der Waals surface area contributed by atoms with E-state index < -0.39 is 15.8 Å². The fourth-order valence-corrected chi connectivity index (χ4v) is 0.600. The highest BCUT2D eigenvalue weighted by Crippen LogP contribution is 2.14. The van der Waals surface area contributed by atoms with Crippen LogP contribution in [0.1, 0.15) is 20.3 Å². The maximum absolute atomic E-state index is 10.3. The van der Waals surface area contributed by atoms with Gasteiger partial charge in [0.25, 0.3) is 0 Å². The van der Waals surface area contributed by atoms with Crippen molar-refractivity contribution in [3.05, 3.63) is 0 Å². The molecule has 3 heteroatoms. The van der Waals surface area contributed by atoms with E-state index in [4.69, 9.17) is 6.42 Å². The minimum atomic E-state index is -2.16. The Hall–Kier alpha value is -0.330. The third-order valence-electron chi connectivity index (χ3n) is 1.35. The van der Waals surface area contributed by atoms with Crippen LogP contribution in [0.4, 0.5) is 0 Å². The first-order valence-electron chi connectivity index (χ1n) is 2.64. The summed E-state index contributed by atoms with van der Waals surface area (Å²) < 4.78 is 19.7. The van der Waals surface area contributed by atoms with Crippen molar-refractivity contribution in [1.29, 1.82) is 0 Å². The Morgan fingerprint density at radius 2 is 2.33 bits per heavy atom. The molecule has 2 unspecified atom stereocenters. The van der Waals surface area contributed by atoms with Crippen LogP contribution in [0.3, 0.4) is 0 Å². The molecule has 0 spiro atoms. The quantitative estimate of drug-likeness (QED) is 0.423. The van der Waals surface area contributed by atoms with E-state index in [2.05, 4.69) is 5.92 Å². The molecule has 0 aliphatic heterocycles. The lowest BCUT2D eigenvalue weighted by molar-refractivity contribution is 0.507. The summed E-state index contributed by atoms with van der Waals surface area (Å²) >= 11 is -2.16. The summed E-state index contributed by atoms with van der Waals surface area (Å²) in [5.41, 5.74) is 0. The zero-order valence-corrected chi connectivity index (χ0v) is 6.33. The molecule has 52 valence electrons. The molecule has 0 saturated carbocycles. The molecule has 0 aromatic heterocycles. The minimum absolute atomic E-state index is 0.458. The van der Waals surface area contributed by atoms with Gasteiger partial charge in [-0.05, 0) is 24.4 Å². The second-order valence-electron chi connectivity index (χ2n) is 1.96. The van der Waals surface area contributed by atoms with Crippen LogP contribution in [0.25, 0.3) is 0 Å². The molecule has 0 radical (unpaired) electrons. The lowest BCUT2D eigenvalue weighted by Crippen LogP contribution is -2.26. The maximum Gasteiger partial charge on any atom is 0.0898 e. The van der Waals surface area contributed by atoms with E-state index in [1.165, 1.54) is 6.92 Å². The summed E-state index contributed by atoms with van der Waals surface area (Å²) in [6.45, 7) is 3.27. The van der Waals surface area contributed by atoms with Gasteiger partial charge in [-0.3, -0.25) is 4.21 Å². The fraction of sp³-hybridized carbons (Fsp3) is 0.667. The molecule has 0 bridgehead atoms. The normalized spacial score (nSPS) is 19.8. The number of hydrogen-bond acceptors (Lipinski definition) is 2. The summed E-state index contributed by atoms with van der Waals surface area (Å²) in [7, 11) is 0. The molecule has 0 amide bonds. The van der Waals surface area contributed by atoms with E-state index in [0.29, 0.717) is 6.42 Å². The van der Waals surface area contributed by atoms with E-state index in [1.807, 2.05) is 0 Å². The molecular formula is C6H9O2S-. The van der Waals surface area contributed by atoms with Crippen molar-refractivity contribution in [2.75, 3.05) is 0 Å². The van der Waals surface area contributed by atoms with Gasteiger partial charge < -0.3 is 4.55 Å². The third kappa shape index (κ3) is 1.81. The van der Waals surface area contributed by atoms with Gasteiger partial charge in [-0.2, -0.15) is 0 Å². The summed E-state index contributed by atoms with van der Waals surface area (Å²) in [4.78, 5) is 0. The van der Waals surface area contributed by atoms with E-state index in [9.17, 15) is 8.76 Å². The molecule has 0 N–H and O–H groups in total. The summed E-state index contributed by atoms with van der Waals surface area (Å²) in [6.07, 6.45) is 5.43. The molecule has 0 aromatic carbocycles. The lowest BCUT2D eigenvalue weighted by atomic mass is 10.1. The monoisotopic (exact) mass is 145 g/mol. The van der Waals surface area contributed by atoms with Gasteiger partial charge in [0.15, 0.2) is 0 Å². The lowest BCUT2D eigenvalue weighted by Gasteiger charge is -2.23. The molecule has 0 aliphatic carbocycles. The van der Waals surface area contributed by atoms with Crippen LogP contribution in [-0.2, 0) is 11.1 Å². The second-order valence-corrected chi connectivity index (χ2v) is 3.33. The van der Waals surface area contributed by atoms with Crippen LogP contribution >= 0.6 is 0 Å². The van der Waals surface area contributed by atoms with Gasteiger partial charge in [0, 0.05) is 0 Å². The van der Waals surface area contributed by atoms with Crippen molar-refractivity contribution in [2.24, 2.45) is 0 Å². The summed E-state index contributed by atoms with van der Waals surface area (Å²) in [5.74, 6) is 2.21. The topological polar surface area (TPSA) is 40.1 Å². The Morgan fingerprint density at radius 1 is 1.89 bits per heavy atom. The van der Waals surface area contributed by atoms with Gasteiger partial charge in [-0.1, -0.05) is 12.8 Å². The smallest absolute Gasteiger partial charge is 0.0898 e. The molecule has 0 saturated heterocycles. The molecule has 0 heterocycles. The highest BCUT2D eigenvalue weighted by molar-refractivity contribution is 7.80. The third-order valence-corrected chi connectivity index (χ3v) is 2.49. The Balaban J connectivity index is 4.33. The van der Waals surface area contributed by atoms with E-state index in [0.717, 1.165) is 0 Å². The average Bonchev–Trinajstić information content (AvgIpc) is 1.86. The fourth-order valence-electron chi connectivity index (χ4n) is 0.268. The van der Waals surface area contributed by atoms with Crippen LogP contribution < -0.4 is 0 Å².